The fourth-order valence-electron chi connectivity index (χ4n) is 2.10. The molecular formula is C10H22N2O3S. The highest BCUT2D eigenvalue weighted by Crippen LogP contribution is 2.33. The van der Waals surface area contributed by atoms with E-state index in [0.717, 1.165) is 19.3 Å². The van der Waals surface area contributed by atoms with Crippen LogP contribution >= 0.6 is 0 Å². The first-order valence-electron chi connectivity index (χ1n) is 5.81. The highest BCUT2D eigenvalue weighted by atomic mass is 32.2. The van der Waals surface area contributed by atoms with Crippen LogP contribution in [0.4, 0.5) is 0 Å². The average molecular weight is 250 g/mol. The van der Waals surface area contributed by atoms with Gasteiger partial charge in [-0.25, -0.2) is 4.72 Å². The predicted molar refractivity (Wildman–Crippen MR) is 63.2 cm³/mol. The maximum Gasteiger partial charge on any atom is 0.276 e. The summed E-state index contributed by atoms with van der Waals surface area (Å²) in [7, 11) is -2.09. The summed E-state index contributed by atoms with van der Waals surface area (Å²) in [6.45, 7) is 2.26. The minimum atomic E-state index is -3.44. The highest BCUT2D eigenvalue weighted by molar-refractivity contribution is 7.87. The van der Waals surface area contributed by atoms with E-state index in [-0.39, 0.29) is 6.54 Å². The average Bonchev–Trinajstić information content (AvgIpc) is 2.28. The second kappa shape index (κ2) is 5.44. The van der Waals surface area contributed by atoms with Crippen molar-refractivity contribution in [3.8, 4) is 0 Å². The van der Waals surface area contributed by atoms with Crippen LogP contribution in [0.3, 0.4) is 0 Å². The molecule has 1 rings (SSSR count). The van der Waals surface area contributed by atoms with Gasteiger partial charge in [0.15, 0.2) is 0 Å². The quantitative estimate of drug-likeness (QED) is 0.659. The van der Waals surface area contributed by atoms with E-state index in [1.807, 2.05) is 0 Å². The molecule has 0 aromatic heterocycles. The first-order valence-corrected chi connectivity index (χ1v) is 7.29. The molecule has 3 N–H and O–H groups in total. The lowest BCUT2D eigenvalue weighted by Gasteiger charge is -2.35. The Morgan fingerprint density at radius 2 is 1.94 bits per heavy atom. The van der Waals surface area contributed by atoms with Gasteiger partial charge in [-0.2, -0.15) is 13.1 Å². The molecule has 16 heavy (non-hydrogen) atoms. The standard InChI is InChI=1S/C10H22N2O3S/c1-3-9-4-6-10(13,7-5-9)8-12-16(14,15)11-2/h9,11-13H,3-8H2,1-2H3. The number of nitrogens with one attached hydrogen (secondary N) is 2. The molecule has 0 atom stereocenters. The number of hydrogen-bond acceptors (Lipinski definition) is 3. The first-order chi connectivity index (χ1) is 7.41. The van der Waals surface area contributed by atoms with E-state index in [0.29, 0.717) is 18.8 Å². The van der Waals surface area contributed by atoms with Crippen LogP contribution in [-0.2, 0) is 10.2 Å². The predicted octanol–water partition coefficient (Wildman–Crippen LogP) is 0.372. The molecule has 0 unspecified atom stereocenters. The van der Waals surface area contributed by atoms with Crippen LogP contribution in [-0.4, -0.2) is 32.7 Å². The molecule has 0 aromatic rings. The van der Waals surface area contributed by atoms with Gasteiger partial charge in [0, 0.05) is 13.6 Å². The maximum absolute atomic E-state index is 11.2. The van der Waals surface area contributed by atoms with Crippen molar-refractivity contribution >= 4 is 10.2 Å². The Morgan fingerprint density at radius 3 is 2.38 bits per heavy atom. The Bertz CT molecular complexity index is 308. The molecule has 0 aliphatic heterocycles. The van der Waals surface area contributed by atoms with E-state index < -0.39 is 15.8 Å². The molecule has 5 nitrogen and oxygen atoms in total. The van der Waals surface area contributed by atoms with Crippen molar-refractivity contribution in [1.29, 1.82) is 0 Å². The van der Waals surface area contributed by atoms with Gasteiger partial charge >= 0.3 is 0 Å². The molecule has 6 heteroatoms. The lowest BCUT2D eigenvalue weighted by atomic mass is 9.78. The molecule has 0 aromatic carbocycles. The number of aliphatic hydroxyl groups is 1. The van der Waals surface area contributed by atoms with Crippen LogP contribution in [0.25, 0.3) is 0 Å². The van der Waals surface area contributed by atoms with Crippen molar-refractivity contribution in [2.24, 2.45) is 5.92 Å². The molecule has 0 spiro atoms. The highest BCUT2D eigenvalue weighted by Gasteiger charge is 2.33. The summed E-state index contributed by atoms with van der Waals surface area (Å²) < 4.78 is 26.9. The summed E-state index contributed by atoms with van der Waals surface area (Å²) in [4.78, 5) is 0. The number of rotatable bonds is 5. The van der Waals surface area contributed by atoms with Gasteiger partial charge in [0.1, 0.15) is 0 Å². The zero-order valence-corrected chi connectivity index (χ0v) is 10.8. The van der Waals surface area contributed by atoms with E-state index in [1.54, 1.807) is 0 Å². The zero-order valence-electron chi connectivity index (χ0n) is 9.99. The van der Waals surface area contributed by atoms with Crippen LogP contribution in [0, 0.1) is 5.92 Å². The van der Waals surface area contributed by atoms with Gasteiger partial charge in [-0.15, -0.1) is 0 Å². The minimum absolute atomic E-state index is 0.104. The molecular weight excluding hydrogens is 228 g/mol. The van der Waals surface area contributed by atoms with Crippen LogP contribution in [0.1, 0.15) is 39.0 Å². The van der Waals surface area contributed by atoms with Gasteiger partial charge in [0.2, 0.25) is 0 Å². The Morgan fingerprint density at radius 1 is 1.38 bits per heavy atom. The van der Waals surface area contributed by atoms with Gasteiger partial charge in [-0.1, -0.05) is 13.3 Å². The molecule has 96 valence electrons. The van der Waals surface area contributed by atoms with Crippen molar-refractivity contribution in [2.45, 2.75) is 44.6 Å². The Kier molecular flexibility index (Phi) is 4.73. The van der Waals surface area contributed by atoms with E-state index in [1.165, 1.54) is 7.05 Å². The van der Waals surface area contributed by atoms with Gasteiger partial charge in [0.25, 0.3) is 10.2 Å². The SMILES string of the molecule is CCC1CCC(O)(CNS(=O)(=O)NC)CC1. The smallest absolute Gasteiger partial charge is 0.276 e. The van der Waals surface area contributed by atoms with E-state index in [4.69, 9.17) is 0 Å². The van der Waals surface area contributed by atoms with Crippen LogP contribution < -0.4 is 9.44 Å². The van der Waals surface area contributed by atoms with Crippen molar-refractivity contribution in [3.63, 3.8) is 0 Å². The van der Waals surface area contributed by atoms with Crippen molar-refractivity contribution in [1.82, 2.24) is 9.44 Å². The monoisotopic (exact) mass is 250 g/mol. The molecule has 0 heterocycles. The molecule has 0 radical (unpaired) electrons. The molecule has 0 saturated heterocycles. The topological polar surface area (TPSA) is 78.4 Å². The molecule has 1 aliphatic carbocycles. The molecule has 1 saturated carbocycles. The van der Waals surface area contributed by atoms with Crippen molar-refractivity contribution < 1.29 is 13.5 Å². The van der Waals surface area contributed by atoms with Gasteiger partial charge in [0.05, 0.1) is 5.60 Å². The molecule has 1 fully saturated rings. The van der Waals surface area contributed by atoms with Gasteiger partial charge in [-0.05, 0) is 31.6 Å². The second-order valence-corrected chi connectivity index (χ2v) is 6.31. The molecule has 0 bridgehead atoms. The maximum atomic E-state index is 11.2. The van der Waals surface area contributed by atoms with E-state index in [2.05, 4.69) is 16.4 Å². The van der Waals surface area contributed by atoms with Crippen LogP contribution in [0.2, 0.25) is 0 Å². The lowest BCUT2D eigenvalue weighted by molar-refractivity contribution is -0.00447. The summed E-state index contributed by atoms with van der Waals surface area (Å²) in [6.07, 6.45) is 4.45. The summed E-state index contributed by atoms with van der Waals surface area (Å²) in [5.41, 5.74) is -0.865. The van der Waals surface area contributed by atoms with Crippen molar-refractivity contribution in [3.05, 3.63) is 0 Å². The third-order valence-electron chi connectivity index (χ3n) is 3.47. The summed E-state index contributed by atoms with van der Waals surface area (Å²) in [5.74, 6) is 0.682. The fourth-order valence-corrected chi connectivity index (χ4v) is 2.70. The van der Waals surface area contributed by atoms with Crippen molar-refractivity contribution in [2.75, 3.05) is 13.6 Å². The Hall–Kier alpha value is -0.170. The largest absolute Gasteiger partial charge is 0.389 e. The van der Waals surface area contributed by atoms with Crippen LogP contribution in [0.5, 0.6) is 0 Å². The third-order valence-corrected chi connectivity index (χ3v) is 4.54. The molecule has 1 aliphatic rings. The summed E-state index contributed by atoms with van der Waals surface area (Å²) in [6, 6.07) is 0. The molecule has 0 amide bonds. The third kappa shape index (κ3) is 4.01. The van der Waals surface area contributed by atoms with Gasteiger partial charge < -0.3 is 5.11 Å². The van der Waals surface area contributed by atoms with Gasteiger partial charge in [-0.3, -0.25) is 0 Å². The van der Waals surface area contributed by atoms with E-state index in [9.17, 15) is 13.5 Å². The second-order valence-electron chi connectivity index (χ2n) is 4.60. The van der Waals surface area contributed by atoms with E-state index >= 15 is 0 Å². The lowest BCUT2D eigenvalue weighted by Crippen LogP contribution is -2.47. The fraction of sp³-hybridized carbons (Fsp3) is 1.00. The summed E-state index contributed by atoms with van der Waals surface area (Å²) in [5, 5.41) is 10.2. The first kappa shape index (κ1) is 13.9. The normalized spacial score (nSPS) is 31.6. The number of hydrogen-bond donors (Lipinski definition) is 3. The van der Waals surface area contributed by atoms with Crippen LogP contribution in [0.15, 0.2) is 0 Å². The Balaban J connectivity index is 2.43. The zero-order chi connectivity index (χ0) is 12.2. The minimum Gasteiger partial charge on any atom is -0.389 e. The Labute approximate surface area is 97.8 Å². The summed E-state index contributed by atoms with van der Waals surface area (Å²) >= 11 is 0.